The average Bonchev–Trinajstić information content (AvgIpc) is 3.06. The highest BCUT2D eigenvalue weighted by Crippen LogP contribution is 2.37. The fourth-order valence-corrected chi connectivity index (χ4v) is 3.29. The van der Waals surface area contributed by atoms with Crippen molar-refractivity contribution in [2.24, 2.45) is 0 Å². The SMILES string of the molecule is CC1=C(c2cc3cnn(CC(F)(F)C(F)(F)F)c3cn2)N(O)CC(N(C)C(=O)OC(C)(C)C)=C1. The van der Waals surface area contributed by atoms with Gasteiger partial charge >= 0.3 is 18.2 Å². The molecule has 3 rings (SSSR count). The van der Waals surface area contributed by atoms with Crippen LogP contribution in [0.5, 0.6) is 0 Å². The van der Waals surface area contributed by atoms with Gasteiger partial charge in [0.25, 0.3) is 0 Å². The minimum Gasteiger partial charge on any atom is -0.443 e. The first-order valence-corrected chi connectivity index (χ1v) is 10.1. The Bertz CT molecular complexity index is 1160. The van der Waals surface area contributed by atoms with Crippen molar-refractivity contribution in [1.29, 1.82) is 0 Å². The van der Waals surface area contributed by atoms with Crippen molar-refractivity contribution < 1.29 is 36.7 Å². The lowest BCUT2D eigenvalue weighted by Gasteiger charge is -2.32. The number of fused-ring (bicyclic) bond motifs is 1. The predicted octanol–water partition coefficient (Wildman–Crippen LogP) is 4.82. The first-order chi connectivity index (χ1) is 15.5. The van der Waals surface area contributed by atoms with Gasteiger partial charge in [0, 0.05) is 18.1 Å². The van der Waals surface area contributed by atoms with Crippen molar-refractivity contribution in [3.05, 3.63) is 41.5 Å². The topological polar surface area (TPSA) is 83.7 Å². The van der Waals surface area contributed by atoms with Crippen LogP contribution < -0.4 is 0 Å². The number of hydrogen-bond donors (Lipinski definition) is 1. The Kier molecular flexibility index (Phi) is 6.37. The van der Waals surface area contributed by atoms with E-state index in [0.29, 0.717) is 16.0 Å². The molecule has 0 unspecified atom stereocenters. The number of allylic oxidation sites excluding steroid dienone is 2. The largest absolute Gasteiger partial charge is 0.455 e. The van der Waals surface area contributed by atoms with Crippen LogP contribution >= 0.6 is 0 Å². The second kappa shape index (κ2) is 8.53. The number of nitrogens with zero attached hydrogens (tertiary/aromatic N) is 5. The molecule has 0 aromatic carbocycles. The van der Waals surface area contributed by atoms with Gasteiger partial charge in [0.2, 0.25) is 0 Å². The van der Waals surface area contributed by atoms with Crippen molar-refractivity contribution in [3.8, 4) is 0 Å². The molecule has 13 heteroatoms. The number of aromatic nitrogens is 3. The van der Waals surface area contributed by atoms with E-state index < -0.39 is 30.3 Å². The lowest BCUT2D eigenvalue weighted by atomic mass is 10.1. The molecule has 34 heavy (non-hydrogen) atoms. The van der Waals surface area contributed by atoms with Crippen molar-refractivity contribution >= 4 is 22.7 Å². The van der Waals surface area contributed by atoms with Crippen LogP contribution in [0.3, 0.4) is 0 Å². The number of rotatable bonds is 4. The van der Waals surface area contributed by atoms with Crippen LogP contribution in [0.25, 0.3) is 16.6 Å². The van der Waals surface area contributed by atoms with Crippen LogP contribution in [0.1, 0.15) is 33.4 Å². The lowest BCUT2D eigenvalue weighted by molar-refractivity contribution is -0.287. The van der Waals surface area contributed by atoms with Gasteiger partial charge < -0.3 is 4.74 Å². The maximum atomic E-state index is 13.4. The Balaban J connectivity index is 1.91. The highest BCUT2D eigenvalue weighted by molar-refractivity contribution is 5.82. The fourth-order valence-electron chi connectivity index (χ4n) is 3.29. The zero-order valence-corrected chi connectivity index (χ0v) is 19.1. The van der Waals surface area contributed by atoms with Gasteiger partial charge in [-0.25, -0.2) is 9.86 Å². The van der Waals surface area contributed by atoms with Crippen LogP contribution in [-0.2, 0) is 11.3 Å². The molecule has 0 saturated carbocycles. The van der Waals surface area contributed by atoms with Crippen molar-refractivity contribution in [3.63, 3.8) is 0 Å². The Morgan fingerprint density at radius 2 is 1.85 bits per heavy atom. The molecular weight excluding hydrogens is 465 g/mol. The van der Waals surface area contributed by atoms with E-state index in [1.54, 1.807) is 33.8 Å². The molecule has 0 radical (unpaired) electrons. The van der Waals surface area contributed by atoms with Gasteiger partial charge in [-0.1, -0.05) is 0 Å². The normalized spacial score (nSPS) is 15.6. The summed E-state index contributed by atoms with van der Waals surface area (Å²) >= 11 is 0. The highest BCUT2D eigenvalue weighted by atomic mass is 19.4. The molecule has 0 bridgehead atoms. The zero-order chi connectivity index (χ0) is 25.6. The maximum absolute atomic E-state index is 13.4. The predicted molar refractivity (Wildman–Crippen MR) is 112 cm³/mol. The number of pyridine rings is 1. The highest BCUT2D eigenvalue weighted by Gasteiger charge is 2.57. The van der Waals surface area contributed by atoms with Gasteiger partial charge in [0.1, 0.15) is 12.1 Å². The molecule has 0 aliphatic carbocycles. The summed E-state index contributed by atoms with van der Waals surface area (Å²) in [6, 6.07) is 1.42. The van der Waals surface area contributed by atoms with E-state index in [0.717, 1.165) is 17.5 Å². The van der Waals surface area contributed by atoms with E-state index in [1.807, 2.05) is 0 Å². The Labute approximate surface area is 191 Å². The molecule has 1 N–H and O–H groups in total. The summed E-state index contributed by atoms with van der Waals surface area (Å²) in [4.78, 5) is 17.7. The third-order valence-electron chi connectivity index (χ3n) is 4.96. The van der Waals surface area contributed by atoms with Gasteiger partial charge in [-0.15, -0.1) is 0 Å². The Morgan fingerprint density at radius 1 is 1.21 bits per heavy atom. The number of halogens is 5. The van der Waals surface area contributed by atoms with E-state index in [4.69, 9.17) is 4.74 Å². The molecule has 0 atom stereocenters. The van der Waals surface area contributed by atoms with Crippen molar-refractivity contribution in [2.75, 3.05) is 13.6 Å². The molecule has 1 aliphatic heterocycles. The summed E-state index contributed by atoms with van der Waals surface area (Å²) in [5.74, 6) is -4.96. The average molecular weight is 489 g/mol. The van der Waals surface area contributed by atoms with Gasteiger partial charge in [0.15, 0.2) is 0 Å². The van der Waals surface area contributed by atoms with Crippen LogP contribution in [-0.4, -0.2) is 67.3 Å². The molecule has 0 fully saturated rings. The van der Waals surface area contributed by atoms with Crippen molar-refractivity contribution in [2.45, 2.75) is 51.9 Å². The van der Waals surface area contributed by atoms with Crippen molar-refractivity contribution in [1.82, 2.24) is 24.7 Å². The van der Waals surface area contributed by atoms with E-state index in [9.17, 15) is 32.0 Å². The summed E-state index contributed by atoms with van der Waals surface area (Å²) in [6.45, 7) is 5.08. The number of carbonyl (C=O) groups is 1. The molecule has 186 valence electrons. The monoisotopic (exact) mass is 489 g/mol. The van der Waals surface area contributed by atoms with E-state index in [2.05, 4.69) is 10.1 Å². The van der Waals surface area contributed by atoms with E-state index >= 15 is 0 Å². The second-order valence-electron chi connectivity index (χ2n) is 8.90. The Hall–Kier alpha value is -3.22. The number of alkyl halides is 5. The molecule has 0 saturated heterocycles. The van der Waals surface area contributed by atoms with Gasteiger partial charge in [-0.3, -0.25) is 19.8 Å². The minimum absolute atomic E-state index is 0.0212. The van der Waals surface area contributed by atoms with E-state index in [-0.39, 0.29) is 28.8 Å². The minimum atomic E-state index is -5.71. The van der Waals surface area contributed by atoms with Gasteiger partial charge in [0.05, 0.1) is 35.8 Å². The summed E-state index contributed by atoms with van der Waals surface area (Å²) in [5.41, 5.74) is 0.764. The first-order valence-electron chi connectivity index (χ1n) is 10.1. The standard InChI is InChI=1S/C21H24F5N5O3/c1-12-6-14(29(5)18(32)34-19(2,3)4)10-31(33)17(12)15-7-13-8-28-30(16(13)9-27-15)11-20(22,23)21(24,25)26/h6-9,33H,10-11H2,1-5H3. The number of hydrogen-bond acceptors (Lipinski definition) is 6. The third-order valence-corrected chi connectivity index (χ3v) is 4.96. The third kappa shape index (κ3) is 5.13. The molecule has 2 aromatic heterocycles. The number of amides is 1. The Morgan fingerprint density at radius 3 is 2.41 bits per heavy atom. The summed E-state index contributed by atoms with van der Waals surface area (Å²) in [7, 11) is 1.50. The van der Waals surface area contributed by atoms with Gasteiger partial charge in [-0.2, -0.15) is 27.1 Å². The van der Waals surface area contributed by atoms with Gasteiger partial charge in [-0.05, 0) is 45.4 Å². The molecule has 1 amide bonds. The molecule has 8 nitrogen and oxygen atoms in total. The number of carbonyl (C=O) groups excluding carboxylic acids is 1. The molecule has 1 aliphatic rings. The second-order valence-corrected chi connectivity index (χ2v) is 8.90. The maximum Gasteiger partial charge on any atom is 0.455 e. The first kappa shape index (κ1) is 25.4. The molecule has 2 aromatic rings. The molecule has 0 spiro atoms. The summed E-state index contributed by atoms with van der Waals surface area (Å²) in [5, 5.41) is 15.4. The van der Waals surface area contributed by atoms with Crippen LogP contribution in [0, 0.1) is 0 Å². The van der Waals surface area contributed by atoms with E-state index in [1.165, 1.54) is 18.0 Å². The molecule has 3 heterocycles. The smallest absolute Gasteiger partial charge is 0.443 e. The number of ether oxygens (including phenoxy) is 1. The number of hydroxylamine groups is 2. The molecular formula is C21H24F5N5O3. The van der Waals surface area contributed by atoms with Crippen LogP contribution in [0.15, 0.2) is 35.8 Å². The summed E-state index contributed by atoms with van der Waals surface area (Å²) < 4.78 is 70.4. The van der Waals surface area contributed by atoms with Crippen LogP contribution in [0.2, 0.25) is 0 Å². The lowest BCUT2D eigenvalue weighted by Crippen LogP contribution is -2.40. The fraction of sp³-hybridized carbons (Fsp3) is 0.476. The quantitative estimate of drug-likeness (QED) is 0.621. The zero-order valence-electron chi connectivity index (χ0n) is 19.1. The van der Waals surface area contributed by atoms with Crippen LogP contribution in [0.4, 0.5) is 26.7 Å². The number of likely N-dealkylation sites (N-methyl/N-ethyl adjacent to an activating group) is 1. The summed E-state index contributed by atoms with van der Waals surface area (Å²) in [6.07, 6.45) is -2.40.